The van der Waals surface area contributed by atoms with Gasteiger partial charge in [0.2, 0.25) is 5.91 Å². The molecule has 19 heavy (non-hydrogen) atoms. The van der Waals surface area contributed by atoms with E-state index in [1.807, 2.05) is 0 Å². The van der Waals surface area contributed by atoms with Gasteiger partial charge in [0.25, 0.3) is 5.69 Å². The summed E-state index contributed by atoms with van der Waals surface area (Å²) < 4.78 is 0. The van der Waals surface area contributed by atoms with E-state index in [-0.39, 0.29) is 23.0 Å². The highest BCUT2D eigenvalue weighted by Gasteiger charge is 2.27. The van der Waals surface area contributed by atoms with Gasteiger partial charge in [0.05, 0.1) is 11.0 Å². The van der Waals surface area contributed by atoms with Crippen LogP contribution in [0.2, 0.25) is 0 Å². The van der Waals surface area contributed by atoms with Crippen LogP contribution in [0.3, 0.4) is 0 Å². The fourth-order valence-electron chi connectivity index (χ4n) is 2.11. The lowest BCUT2D eigenvalue weighted by molar-refractivity contribution is -0.384. The van der Waals surface area contributed by atoms with Gasteiger partial charge in [-0.25, -0.2) is 0 Å². The van der Waals surface area contributed by atoms with Gasteiger partial charge >= 0.3 is 0 Å². The molecular formula is C12H15N3O4. The summed E-state index contributed by atoms with van der Waals surface area (Å²) in [5.41, 5.74) is 5.56. The van der Waals surface area contributed by atoms with Gasteiger partial charge in [-0.3, -0.25) is 14.9 Å². The van der Waals surface area contributed by atoms with E-state index in [0.717, 1.165) is 0 Å². The number of carbonyl (C=O) groups excluding carboxylic acids is 1. The summed E-state index contributed by atoms with van der Waals surface area (Å²) >= 11 is 0. The van der Waals surface area contributed by atoms with Crippen LogP contribution in [-0.4, -0.2) is 28.6 Å². The number of nitro groups is 1. The van der Waals surface area contributed by atoms with E-state index in [1.54, 1.807) is 0 Å². The average molecular weight is 265 g/mol. The lowest BCUT2D eigenvalue weighted by Gasteiger charge is -2.31. The van der Waals surface area contributed by atoms with Crippen molar-refractivity contribution in [1.82, 2.24) is 0 Å². The van der Waals surface area contributed by atoms with Crippen LogP contribution in [0, 0.1) is 16.0 Å². The topological polar surface area (TPSA) is 118 Å². The Morgan fingerprint density at radius 1 is 1.53 bits per heavy atom. The number of nitrogens with one attached hydrogen (secondary N) is 1. The maximum absolute atomic E-state index is 11.1. The number of carbonyl (C=O) groups is 1. The molecule has 0 spiro atoms. The number of aliphatic hydroxyl groups is 1. The first-order valence-electron chi connectivity index (χ1n) is 5.97. The number of hydrogen-bond acceptors (Lipinski definition) is 5. The van der Waals surface area contributed by atoms with Gasteiger partial charge in [0.15, 0.2) is 0 Å². The zero-order valence-electron chi connectivity index (χ0n) is 10.2. The number of anilines is 1. The van der Waals surface area contributed by atoms with E-state index < -0.39 is 10.8 Å². The number of nitro benzene ring substituents is 1. The highest BCUT2D eigenvalue weighted by Crippen LogP contribution is 2.30. The van der Waals surface area contributed by atoms with Crippen LogP contribution in [0.25, 0.3) is 0 Å². The number of hydrogen-bond donors (Lipinski definition) is 3. The molecule has 7 heteroatoms. The summed E-state index contributed by atoms with van der Waals surface area (Å²) in [6, 6.07) is 3.98. The molecule has 1 amide bonds. The monoisotopic (exact) mass is 265 g/mol. The predicted molar refractivity (Wildman–Crippen MR) is 68.8 cm³/mol. The number of benzene rings is 1. The van der Waals surface area contributed by atoms with E-state index in [9.17, 15) is 20.0 Å². The third-order valence-corrected chi connectivity index (χ3v) is 3.27. The molecule has 0 bridgehead atoms. The van der Waals surface area contributed by atoms with Crippen LogP contribution in [0.15, 0.2) is 18.2 Å². The van der Waals surface area contributed by atoms with E-state index in [4.69, 9.17) is 5.73 Å². The third kappa shape index (κ3) is 3.00. The Balaban J connectivity index is 2.13. The van der Waals surface area contributed by atoms with E-state index in [1.165, 1.54) is 18.2 Å². The summed E-state index contributed by atoms with van der Waals surface area (Å²) in [4.78, 5) is 21.5. The average Bonchev–Trinajstić information content (AvgIpc) is 2.32. The second kappa shape index (κ2) is 5.23. The summed E-state index contributed by atoms with van der Waals surface area (Å²) in [6.07, 6.45) is 1.12. The summed E-state index contributed by atoms with van der Waals surface area (Å²) in [5.74, 6) is -0.330. The number of rotatable bonds is 5. The van der Waals surface area contributed by atoms with Gasteiger partial charge in [-0.1, -0.05) is 0 Å². The van der Waals surface area contributed by atoms with Gasteiger partial charge in [0, 0.05) is 18.2 Å². The number of nitrogens with zero attached hydrogens (tertiary/aromatic N) is 1. The maximum atomic E-state index is 11.1. The predicted octanol–water partition coefficient (Wildman–Crippen LogP) is 0.877. The molecule has 0 radical (unpaired) electrons. The van der Waals surface area contributed by atoms with Crippen molar-refractivity contribution in [3.05, 3.63) is 33.9 Å². The van der Waals surface area contributed by atoms with Crippen molar-refractivity contribution in [1.29, 1.82) is 0 Å². The van der Waals surface area contributed by atoms with Crippen LogP contribution < -0.4 is 11.1 Å². The molecule has 0 atom stereocenters. The van der Waals surface area contributed by atoms with E-state index >= 15 is 0 Å². The van der Waals surface area contributed by atoms with Crippen LogP contribution in [-0.2, 0) is 0 Å². The normalized spacial score (nSPS) is 21.5. The zero-order chi connectivity index (χ0) is 14.0. The molecule has 2 rings (SSSR count). The van der Waals surface area contributed by atoms with Gasteiger partial charge < -0.3 is 16.2 Å². The second-order valence-corrected chi connectivity index (χ2v) is 4.73. The molecule has 102 valence electrons. The lowest BCUT2D eigenvalue weighted by Crippen LogP contribution is -2.33. The minimum atomic E-state index is -0.628. The van der Waals surface area contributed by atoms with Gasteiger partial charge in [0.1, 0.15) is 5.69 Å². The van der Waals surface area contributed by atoms with E-state index in [0.29, 0.717) is 25.3 Å². The molecule has 7 nitrogen and oxygen atoms in total. The van der Waals surface area contributed by atoms with Crippen molar-refractivity contribution in [2.45, 2.75) is 18.9 Å². The molecule has 4 N–H and O–H groups in total. The molecule has 1 aromatic carbocycles. The standard InChI is InChI=1S/C12H15N3O4/c13-12(17)8-1-2-11(15(18)19)10(5-8)14-6-7-3-9(16)4-7/h1-2,5,7,9,14,16H,3-4,6H2,(H2,13,17). The Kier molecular flexibility index (Phi) is 3.66. The highest BCUT2D eigenvalue weighted by molar-refractivity contribution is 5.94. The first kappa shape index (κ1) is 13.3. The second-order valence-electron chi connectivity index (χ2n) is 4.73. The summed E-state index contributed by atoms with van der Waals surface area (Å²) in [6.45, 7) is 0.528. The van der Waals surface area contributed by atoms with Crippen molar-refractivity contribution >= 4 is 17.3 Å². The molecule has 1 aliphatic rings. The Morgan fingerprint density at radius 3 is 2.74 bits per heavy atom. The molecule has 1 saturated carbocycles. The first-order valence-corrected chi connectivity index (χ1v) is 5.97. The lowest BCUT2D eigenvalue weighted by atomic mass is 9.82. The van der Waals surface area contributed by atoms with Gasteiger partial charge in [-0.15, -0.1) is 0 Å². The van der Waals surface area contributed by atoms with Crippen molar-refractivity contribution in [2.24, 2.45) is 11.7 Å². The molecule has 1 aliphatic carbocycles. The molecule has 0 unspecified atom stereocenters. The van der Waals surface area contributed by atoms with Crippen LogP contribution in [0.1, 0.15) is 23.2 Å². The SMILES string of the molecule is NC(=O)c1ccc([N+](=O)[O-])c(NCC2CC(O)C2)c1. The molecule has 0 heterocycles. The first-order chi connectivity index (χ1) is 8.97. The molecule has 1 aromatic rings. The molecular weight excluding hydrogens is 250 g/mol. The van der Waals surface area contributed by atoms with Crippen molar-refractivity contribution in [3.8, 4) is 0 Å². The Hall–Kier alpha value is -2.15. The molecule has 0 saturated heterocycles. The summed E-state index contributed by atoms with van der Waals surface area (Å²) in [5, 5.41) is 23.0. The van der Waals surface area contributed by atoms with Gasteiger partial charge in [-0.2, -0.15) is 0 Å². The summed E-state index contributed by atoms with van der Waals surface area (Å²) in [7, 11) is 0. The Labute approximate surface area is 109 Å². The smallest absolute Gasteiger partial charge is 0.292 e. The Morgan fingerprint density at radius 2 is 2.21 bits per heavy atom. The van der Waals surface area contributed by atoms with Crippen molar-refractivity contribution in [2.75, 3.05) is 11.9 Å². The number of nitrogens with two attached hydrogens (primary N) is 1. The van der Waals surface area contributed by atoms with Crippen molar-refractivity contribution in [3.63, 3.8) is 0 Å². The number of amides is 1. The van der Waals surface area contributed by atoms with Crippen LogP contribution in [0.4, 0.5) is 11.4 Å². The number of aliphatic hydroxyl groups excluding tert-OH is 1. The van der Waals surface area contributed by atoms with E-state index in [2.05, 4.69) is 5.32 Å². The fourth-order valence-corrected chi connectivity index (χ4v) is 2.11. The maximum Gasteiger partial charge on any atom is 0.292 e. The largest absolute Gasteiger partial charge is 0.393 e. The minimum absolute atomic E-state index is 0.0927. The van der Waals surface area contributed by atoms with Crippen LogP contribution in [0.5, 0.6) is 0 Å². The number of primary amides is 1. The molecule has 0 aromatic heterocycles. The molecule has 0 aliphatic heterocycles. The zero-order valence-corrected chi connectivity index (χ0v) is 10.2. The molecule has 1 fully saturated rings. The minimum Gasteiger partial charge on any atom is -0.393 e. The quantitative estimate of drug-likeness (QED) is 0.539. The van der Waals surface area contributed by atoms with Crippen molar-refractivity contribution < 1.29 is 14.8 Å². The highest BCUT2D eigenvalue weighted by atomic mass is 16.6. The van der Waals surface area contributed by atoms with Crippen LogP contribution >= 0.6 is 0 Å². The third-order valence-electron chi connectivity index (χ3n) is 3.27. The fraction of sp³-hybridized carbons (Fsp3) is 0.417. The Bertz CT molecular complexity index is 512. The van der Waals surface area contributed by atoms with Gasteiger partial charge in [-0.05, 0) is 30.9 Å².